The molecule has 0 atom stereocenters. The summed E-state index contributed by atoms with van der Waals surface area (Å²) in [6.07, 6.45) is 0. The molecule has 0 saturated heterocycles. The highest BCUT2D eigenvalue weighted by Crippen LogP contribution is 2.39. The number of hydrogen-bond acceptors (Lipinski definition) is 7. The van der Waals surface area contributed by atoms with E-state index in [0.717, 1.165) is 0 Å². The highest BCUT2D eigenvalue weighted by Gasteiger charge is 2.32. The van der Waals surface area contributed by atoms with Gasteiger partial charge in [0.25, 0.3) is 0 Å². The van der Waals surface area contributed by atoms with E-state index in [1.807, 2.05) is 0 Å². The predicted octanol–water partition coefficient (Wildman–Crippen LogP) is 1.81. The maximum Gasteiger partial charge on any atom is 0.180 e. The minimum Gasteiger partial charge on any atom is -0.744 e. The van der Waals surface area contributed by atoms with Crippen LogP contribution in [0, 0.1) is 34.9 Å². The van der Waals surface area contributed by atoms with Crippen molar-refractivity contribution < 1.29 is 53.9 Å². The molecule has 0 fully saturated rings. The molecule has 132 valence electrons. The zero-order chi connectivity index (χ0) is 18.4. The number of halogens is 6. The van der Waals surface area contributed by atoms with Gasteiger partial charge in [0.2, 0.25) is 0 Å². The first-order chi connectivity index (χ1) is 11.0. The highest BCUT2D eigenvalue weighted by atomic mass is 32.2. The molecular formula is C10F6O6S2-2. The molecule has 0 unspecified atom stereocenters. The Bertz CT molecular complexity index is 947. The molecule has 0 radical (unpaired) electrons. The predicted molar refractivity (Wildman–Crippen MR) is 59.7 cm³/mol. The average molecular weight is 394 g/mol. The van der Waals surface area contributed by atoms with E-state index in [0.29, 0.717) is 0 Å². The summed E-state index contributed by atoms with van der Waals surface area (Å²) in [5, 5.41) is 8.58. The van der Waals surface area contributed by atoms with E-state index in [-0.39, 0.29) is 0 Å². The van der Waals surface area contributed by atoms with Crippen LogP contribution in [-0.4, -0.2) is 13.0 Å². The van der Waals surface area contributed by atoms with Crippen LogP contribution in [0.5, 0.6) is 0 Å². The van der Waals surface area contributed by atoms with E-state index < -0.39 is 77.6 Å². The van der Waals surface area contributed by atoms with Gasteiger partial charge in [-0.25, -0.2) is 34.8 Å². The fraction of sp³-hybridized carbons (Fsp3) is 0. The largest absolute Gasteiger partial charge is 0.744 e. The van der Waals surface area contributed by atoms with Crippen LogP contribution in [0.4, 0.5) is 26.3 Å². The van der Waals surface area contributed by atoms with E-state index in [1.165, 1.54) is 0 Å². The Balaban J connectivity index is 3.07. The molecular weight excluding hydrogens is 394 g/mol. The molecule has 0 spiro atoms. The third kappa shape index (κ3) is 2.80. The van der Waals surface area contributed by atoms with Crippen LogP contribution in [0.25, 0.3) is 10.8 Å². The lowest BCUT2D eigenvalue weighted by Gasteiger charge is -2.15. The third-order valence-corrected chi connectivity index (χ3v) is 4.21. The maximum absolute atomic E-state index is 14.0. The van der Waals surface area contributed by atoms with Gasteiger partial charge in [-0.3, -0.25) is 5.04 Å². The van der Waals surface area contributed by atoms with E-state index in [9.17, 15) is 44.6 Å². The fourth-order valence-corrected chi connectivity index (χ4v) is 2.88. The van der Waals surface area contributed by atoms with Gasteiger partial charge in [0.05, 0.1) is 22.8 Å². The molecule has 0 N–H and O–H groups in total. The average Bonchev–Trinajstić information content (AvgIpc) is 2.47. The van der Waals surface area contributed by atoms with E-state index in [4.69, 9.17) is 0 Å². The second kappa shape index (κ2) is 6.38. The molecule has 0 heterocycles. The first-order valence-corrected chi connectivity index (χ1v) is 7.44. The molecule has 2 aromatic rings. The molecule has 0 aliphatic heterocycles. The van der Waals surface area contributed by atoms with Crippen LogP contribution >= 0.6 is 12.0 Å². The van der Waals surface area contributed by atoms with Crippen LogP contribution in [0.1, 0.15) is 0 Å². The van der Waals surface area contributed by atoms with Gasteiger partial charge in [-0.15, -0.1) is 0 Å². The second-order valence-corrected chi connectivity index (χ2v) is 5.99. The summed E-state index contributed by atoms with van der Waals surface area (Å²) >= 11 is -0.583. The molecule has 24 heavy (non-hydrogen) atoms. The minimum absolute atomic E-state index is 0.583. The zero-order valence-electron chi connectivity index (χ0n) is 10.5. The molecule has 6 nitrogen and oxygen atoms in total. The van der Waals surface area contributed by atoms with Crippen molar-refractivity contribution in [2.75, 3.05) is 0 Å². The summed E-state index contributed by atoms with van der Waals surface area (Å²) in [7, 11) is -5.99. The Labute approximate surface area is 132 Å². The minimum atomic E-state index is -5.99. The van der Waals surface area contributed by atoms with Gasteiger partial charge in [-0.1, -0.05) is 0 Å². The smallest absolute Gasteiger partial charge is 0.180 e. The van der Waals surface area contributed by atoms with Crippen molar-refractivity contribution in [3.05, 3.63) is 34.9 Å². The maximum atomic E-state index is 14.0. The highest BCUT2D eigenvalue weighted by molar-refractivity contribution is 7.94. The lowest BCUT2D eigenvalue weighted by molar-refractivity contribution is -0.777. The molecule has 2 aromatic carbocycles. The van der Waals surface area contributed by atoms with E-state index >= 15 is 0 Å². The first-order valence-electron chi connectivity index (χ1n) is 5.29. The number of hydrogen-bond donors (Lipinski definition) is 0. The zero-order valence-corrected chi connectivity index (χ0v) is 12.2. The van der Waals surface area contributed by atoms with Crippen molar-refractivity contribution in [1.82, 2.24) is 0 Å². The van der Waals surface area contributed by atoms with Crippen LogP contribution in [0.15, 0.2) is 9.79 Å². The van der Waals surface area contributed by atoms with Gasteiger partial charge >= 0.3 is 0 Å². The Kier molecular flexibility index (Phi) is 4.98. The lowest BCUT2D eigenvalue weighted by atomic mass is 10.1. The summed E-state index contributed by atoms with van der Waals surface area (Å²) in [6, 6.07) is 0. The van der Waals surface area contributed by atoms with Gasteiger partial charge in [-0.05, 0) is 0 Å². The standard InChI is InChI=1S/C10H2F6O6S2/c11-3-2-1(5(13)9(7(3)15)23-22-21-17)4(12)8(16)10(6(2)14)24(18,19)20/h17H,(H,18,19,20)/p-2. The Hall–Kier alpha value is -1.58. The Morgan fingerprint density at radius 2 is 1.29 bits per heavy atom. The van der Waals surface area contributed by atoms with Crippen molar-refractivity contribution in [1.29, 1.82) is 0 Å². The molecule has 0 aromatic heterocycles. The van der Waals surface area contributed by atoms with E-state index in [1.54, 1.807) is 0 Å². The molecule has 14 heteroatoms. The molecule has 0 aliphatic carbocycles. The van der Waals surface area contributed by atoms with Gasteiger partial charge in [0, 0.05) is 0 Å². The van der Waals surface area contributed by atoms with Crippen LogP contribution in [-0.2, 0) is 19.5 Å². The number of benzene rings is 2. The molecule has 0 saturated carbocycles. The lowest BCUT2D eigenvalue weighted by Crippen LogP contribution is -2.11. The van der Waals surface area contributed by atoms with Crippen molar-refractivity contribution in [3.8, 4) is 0 Å². The van der Waals surface area contributed by atoms with Gasteiger partial charge in [0.15, 0.2) is 34.9 Å². The van der Waals surface area contributed by atoms with Crippen molar-refractivity contribution >= 4 is 32.9 Å². The van der Waals surface area contributed by atoms with Crippen LogP contribution < -0.4 is 5.26 Å². The molecule has 0 bridgehead atoms. The summed E-state index contributed by atoms with van der Waals surface area (Å²) in [5.74, 6) is -14.3. The number of rotatable bonds is 4. The molecule has 0 aliphatic rings. The second-order valence-electron chi connectivity index (χ2n) is 3.97. The fourth-order valence-electron chi connectivity index (χ4n) is 1.81. The summed E-state index contributed by atoms with van der Waals surface area (Å²) < 4.78 is 119. The van der Waals surface area contributed by atoms with E-state index in [2.05, 4.69) is 9.37 Å². The first kappa shape index (κ1) is 18.8. The van der Waals surface area contributed by atoms with Crippen molar-refractivity contribution in [2.24, 2.45) is 0 Å². The summed E-state index contributed by atoms with van der Waals surface area (Å²) in [4.78, 5) is -3.99. The Morgan fingerprint density at radius 3 is 1.79 bits per heavy atom. The quantitative estimate of drug-likeness (QED) is 0.195. The van der Waals surface area contributed by atoms with Crippen molar-refractivity contribution in [3.63, 3.8) is 0 Å². The summed E-state index contributed by atoms with van der Waals surface area (Å²) in [6.45, 7) is 0. The SMILES string of the molecule is O=S(=O)([O-])c1c(F)c(F)c2c(F)c(SOO[O-])c(F)c(F)c2c1F. The monoisotopic (exact) mass is 394 g/mol. The molecule has 2 rings (SSSR count). The summed E-state index contributed by atoms with van der Waals surface area (Å²) in [5.41, 5.74) is 0. The normalized spacial score (nSPS) is 12.2. The van der Waals surface area contributed by atoms with Gasteiger partial charge in [0.1, 0.15) is 19.9 Å². The van der Waals surface area contributed by atoms with Gasteiger partial charge in [-0.2, -0.15) is 4.33 Å². The topological polar surface area (TPSA) is 98.7 Å². The molecule has 0 amide bonds. The van der Waals surface area contributed by atoms with Gasteiger partial charge < -0.3 is 9.81 Å². The Morgan fingerprint density at radius 1 is 0.792 bits per heavy atom. The van der Waals surface area contributed by atoms with Crippen LogP contribution in [0.3, 0.4) is 0 Å². The third-order valence-electron chi connectivity index (χ3n) is 2.71. The van der Waals surface area contributed by atoms with Crippen LogP contribution in [0.2, 0.25) is 0 Å². The number of fused-ring (bicyclic) bond motifs is 1. The van der Waals surface area contributed by atoms with Crippen molar-refractivity contribution in [2.45, 2.75) is 9.79 Å².